The third-order valence-corrected chi connectivity index (χ3v) is 3.81. The molecule has 0 aliphatic rings. The molecule has 0 atom stereocenters. The molecule has 0 bridgehead atoms. The van der Waals surface area contributed by atoms with E-state index in [0.717, 1.165) is 0 Å². The van der Waals surface area contributed by atoms with Gasteiger partial charge in [0.2, 0.25) is 0 Å². The second-order valence-electron chi connectivity index (χ2n) is 5.07. The highest BCUT2D eigenvalue weighted by Gasteiger charge is 2.25. The number of hydrogen-bond donors (Lipinski definition) is 0. The molecule has 0 aliphatic heterocycles. The van der Waals surface area contributed by atoms with E-state index in [2.05, 4.69) is 4.74 Å². The number of ketones is 1. The minimum atomic E-state index is -0.562. The van der Waals surface area contributed by atoms with Gasteiger partial charge >= 0.3 is 5.97 Å². The number of esters is 1. The van der Waals surface area contributed by atoms with Crippen molar-refractivity contribution in [3.05, 3.63) is 36.0 Å². The lowest BCUT2D eigenvalue weighted by Crippen LogP contribution is -2.36. The van der Waals surface area contributed by atoms with E-state index in [1.807, 2.05) is 19.9 Å². The molecular weight excluding hydrogens is 296 g/mol. The number of nitrogens with zero attached hydrogens (tertiary/aromatic N) is 2. The molecule has 1 aromatic heterocycles. The normalized spacial score (nSPS) is 10.6. The average Bonchev–Trinajstić information content (AvgIpc) is 2.93. The first-order valence-corrected chi connectivity index (χ1v) is 7.51. The van der Waals surface area contributed by atoms with Crippen LogP contribution in [0, 0.1) is 0 Å². The Morgan fingerprint density at radius 2 is 1.78 bits per heavy atom. The molecule has 2 rings (SSSR count). The van der Waals surface area contributed by atoms with Crippen LogP contribution in [-0.2, 0) is 20.9 Å². The van der Waals surface area contributed by atoms with Crippen LogP contribution in [0.2, 0.25) is 0 Å². The Hall–Kier alpha value is -2.63. The third kappa shape index (κ3) is 3.26. The molecule has 0 N–H and O–H groups in total. The molecule has 0 aliphatic carbocycles. The minimum absolute atomic E-state index is 0.0102. The number of benzene rings is 1. The number of carbonyl (C=O) groups excluding carboxylic acids is 3. The zero-order valence-electron chi connectivity index (χ0n) is 13.5. The van der Waals surface area contributed by atoms with E-state index >= 15 is 0 Å². The fraction of sp³-hybridized carbons (Fsp3) is 0.353. The summed E-state index contributed by atoms with van der Waals surface area (Å²) in [5.41, 5.74) is 1.02. The Morgan fingerprint density at radius 3 is 2.39 bits per heavy atom. The van der Waals surface area contributed by atoms with E-state index in [-0.39, 0.29) is 6.54 Å². The van der Waals surface area contributed by atoms with Gasteiger partial charge in [-0.1, -0.05) is 18.2 Å². The first-order valence-electron chi connectivity index (χ1n) is 7.51. The summed E-state index contributed by atoms with van der Waals surface area (Å²) in [7, 11) is 1.31. The number of carbonyl (C=O) groups is 3. The largest absolute Gasteiger partial charge is 0.468 e. The summed E-state index contributed by atoms with van der Waals surface area (Å²) in [4.78, 5) is 37.9. The summed E-state index contributed by atoms with van der Waals surface area (Å²) in [5.74, 6) is -1.51. The van der Waals surface area contributed by atoms with Crippen LogP contribution < -0.4 is 0 Å². The lowest BCUT2D eigenvalue weighted by Gasteiger charge is -2.17. The van der Waals surface area contributed by atoms with Crippen molar-refractivity contribution >= 4 is 28.6 Å². The van der Waals surface area contributed by atoms with Crippen LogP contribution in [0.4, 0.5) is 0 Å². The quantitative estimate of drug-likeness (QED) is 0.463. The van der Waals surface area contributed by atoms with Crippen molar-refractivity contribution in [1.29, 1.82) is 0 Å². The Labute approximate surface area is 134 Å². The van der Waals surface area contributed by atoms with Crippen molar-refractivity contribution in [2.24, 2.45) is 0 Å². The number of likely N-dealkylation sites (N-methyl/N-ethyl adjacent to an activating group) is 1. The van der Waals surface area contributed by atoms with E-state index in [4.69, 9.17) is 0 Å². The van der Waals surface area contributed by atoms with Gasteiger partial charge < -0.3 is 14.2 Å². The van der Waals surface area contributed by atoms with Gasteiger partial charge in [-0.05, 0) is 19.9 Å². The van der Waals surface area contributed by atoms with Crippen LogP contribution in [0.1, 0.15) is 24.2 Å². The van der Waals surface area contributed by atoms with Gasteiger partial charge in [0.05, 0.1) is 12.7 Å². The Balaban J connectivity index is 2.46. The SMILES string of the molecule is CCN(CC)C(=O)C(=O)c1cn(CC(=O)OC)c2ccccc12. The van der Waals surface area contributed by atoms with Gasteiger partial charge in [-0.25, -0.2) is 0 Å². The maximum Gasteiger partial charge on any atom is 0.325 e. The molecule has 2 aromatic rings. The number of rotatable bonds is 6. The lowest BCUT2D eigenvalue weighted by molar-refractivity contribution is -0.141. The van der Waals surface area contributed by atoms with E-state index in [9.17, 15) is 14.4 Å². The zero-order valence-corrected chi connectivity index (χ0v) is 13.5. The van der Waals surface area contributed by atoms with Gasteiger partial charge in [0.1, 0.15) is 6.54 Å². The van der Waals surface area contributed by atoms with Gasteiger partial charge in [0, 0.05) is 30.2 Å². The van der Waals surface area contributed by atoms with Crippen molar-refractivity contribution in [2.45, 2.75) is 20.4 Å². The Morgan fingerprint density at radius 1 is 1.13 bits per heavy atom. The van der Waals surface area contributed by atoms with Crippen molar-refractivity contribution in [2.75, 3.05) is 20.2 Å². The Kier molecular flexibility index (Phi) is 5.16. The molecule has 0 radical (unpaired) electrons. The van der Waals surface area contributed by atoms with Crippen LogP contribution >= 0.6 is 0 Å². The Bertz CT molecular complexity index is 744. The second kappa shape index (κ2) is 7.09. The molecule has 0 saturated heterocycles. The molecule has 122 valence electrons. The molecule has 0 fully saturated rings. The molecular formula is C17H20N2O4. The highest BCUT2D eigenvalue weighted by molar-refractivity contribution is 6.44. The second-order valence-corrected chi connectivity index (χ2v) is 5.07. The van der Waals surface area contributed by atoms with Crippen LogP contribution in [0.5, 0.6) is 0 Å². The van der Waals surface area contributed by atoms with Gasteiger partial charge in [-0.15, -0.1) is 0 Å². The number of para-hydroxylation sites is 1. The number of methoxy groups -OCH3 is 1. The number of aromatic nitrogens is 1. The van der Waals surface area contributed by atoms with E-state index < -0.39 is 17.7 Å². The minimum Gasteiger partial charge on any atom is -0.468 e. The average molecular weight is 316 g/mol. The predicted octanol–water partition coefficient (Wildman–Crippen LogP) is 1.87. The summed E-state index contributed by atoms with van der Waals surface area (Å²) >= 11 is 0. The van der Waals surface area contributed by atoms with Crippen LogP contribution in [0.15, 0.2) is 30.5 Å². The fourth-order valence-electron chi connectivity index (χ4n) is 2.53. The maximum atomic E-state index is 12.6. The van der Waals surface area contributed by atoms with Crippen molar-refractivity contribution in [3.8, 4) is 0 Å². The topological polar surface area (TPSA) is 68.6 Å². The van der Waals surface area contributed by atoms with Crippen LogP contribution in [0.25, 0.3) is 10.9 Å². The first-order chi connectivity index (χ1) is 11.0. The van der Waals surface area contributed by atoms with Crippen LogP contribution in [0.3, 0.4) is 0 Å². The molecule has 1 heterocycles. The fourth-order valence-corrected chi connectivity index (χ4v) is 2.53. The highest BCUT2D eigenvalue weighted by atomic mass is 16.5. The monoisotopic (exact) mass is 316 g/mol. The summed E-state index contributed by atoms with van der Waals surface area (Å²) in [6, 6.07) is 7.18. The molecule has 1 aromatic carbocycles. The predicted molar refractivity (Wildman–Crippen MR) is 86.2 cm³/mol. The number of hydrogen-bond acceptors (Lipinski definition) is 4. The van der Waals surface area contributed by atoms with Crippen LogP contribution in [-0.4, -0.2) is 47.3 Å². The first kappa shape index (κ1) is 16.7. The number of Topliss-reactive ketones (excluding diaryl/α,β-unsaturated/α-hetero) is 1. The number of amides is 1. The summed E-state index contributed by atoms with van der Waals surface area (Å²) in [5, 5.41) is 0.655. The molecule has 0 unspecified atom stereocenters. The van der Waals surface area contributed by atoms with Crippen molar-refractivity contribution < 1.29 is 19.1 Å². The van der Waals surface area contributed by atoms with E-state index in [1.165, 1.54) is 12.0 Å². The molecule has 6 heteroatoms. The number of fused-ring (bicyclic) bond motifs is 1. The third-order valence-electron chi connectivity index (χ3n) is 3.81. The lowest BCUT2D eigenvalue weighted by atomic mass is 10.1. The van der Waals surface area contributed by atoms with Gasteiger partial charge in [-0.3, -0.25) is 14.4 Å². The standard InChI is InChI=1S/C17H20N2O4/c1-4-18(5-2)17(22)16(21)13-10-19(11-15(20)23-3)14-9-7-6-8-12(13)14/h6-10H,4-5,11H2,1-3H3. The van der Waals surface area contributed by atoms with Crippen molar-refractivity contribution in [1.82, 2.24) is 9.47 Å². The van der Waals surface area contributed by atoms with Gasteiger partial charge in [-0.2, -0.15) is 0 Å². The van der Waals surface area contributed by atoms with E-state index in [1.54, 1.807) is 29.0 Å². The summed E-state index contributed by atoms with van der Waals surface area (Å²) in [6.45, 7) is 4.60. The van der Waals surface area contributed by atoms with E-state index in [0.29, 0.717) is 29.6 Å². The summed E-state index contributed by atoms with van der Waals surface area (Å²) in [6.07, 6.45) is 1.55. The molecule has 23 heavy (non-hydrogen) atoms. The molecule has 1 amide bonds. The summed E-state index contributed by atoms with van der Waals surface area (Å²) < 4.78 is 6.30. The van der Waals surface area contributed by atoms with Crippen molar-refractivity contribution in [3.63, 3.8) is 0 Å². The zero-order chi connectivity index (χ0) is 17.0. The maximum absolute atomic E-state index is 12.6. The number of ether oxygens (including phenoxy) is 1. The molecule has 0 spiro atoms. The molecule has 0 saturated carbocycles. The van der Waals surface area contributed by atoms with Gasteiger partial charge in [0.15, 0.2) is 0 Å². The highest BCUT2D eigenvalue weighted by Crippen LogP contribution is 2.22. The molecule has 6 nitrogen and oxygen atoms in total. The smallest absolute Gasteiger partial charge is 0.325 e. The van der Waals surface area contributed by atoms with Gasteiger partial charge in [0.25, 0.3) is 11.7 Å².